The Balaban J connectivity index is 2.22. The molecule has 0 fully saturated rings. The average Bonchev–Trinajstić information content (AvgIpc) is 2.32. The number of hydrogen-bond acceptors (Lipinski definition) is 1. The minimum absolute atomic E-state index is 0.220. The van der Waals surface area contributed by atoms with Crippen LogP contribution in [0.5, 0.6) is 0 Å². The van der Waals surface area contributed by atoms with Crippen LogP contribution < -0.4 is 5.32 Å². The van der Waals surface area contributed by atoms with E-state index in [4.69, 9.17) is 0 Å². The molecular weight excluding hydrogens is 316 g/mol. The summed E-state index contributed by atoms with van der Waals surface area (Å²) in [7, 11) is 0. The maximum atomic E-state index is 13.2. The van der Waals surface area contributed by atoms with Crippen LogP contribution in [0.4, 0.5) is 14.5 Å². The normalized spacial score (nSPS) is 10.3. The minimum atomic E-state index is -0.467. The molecule has 98 valence electrons. The van der Waals surface area contributed by atoms with E-state index in [1.54, 1.807) is 13.0 Å². The zero-order valence-electron chi connectivity index (χ0n) is 10.0. The van der Waals surface area contributed by atoms with Gasteiger partial charge in [0, 0.05) is 11.3 Å². The van der Waals surface area contributed by atoms with E-state index in [0.717, 1.165) is 6.07 Å². The lowest BCUT2D eigenvalue weighted by Crippen LogP contribution is -2.12. The Morgan fingerprint density at radius 3 is 2.53 bits per heavy atom. The molecule has 2 nitrogen and oxygen atoms in total. The summed E-state index contributed by atoms with van der Waals surface area (Å²) in [5.41, 5.74) is 1.31. The third kappa shape index (κ3) is 3.38. The van der Waals surface area contributed by atoms with Crippen molar-refractivity contribution in [1.29, 1.82) is 0 Å². The first kappa shape index (κ1) is 13.7. The van der Waals surface area contributed by atoms with Gasteiger partial charge in [-0.15, -0.1) is 0 Å². The molecule has 2 aromatic carbocycles. The molecule has 5 heteroatoms. The number of carbonyl (C=O) groups excluding carboxylic acids is 1. The van der Waals surface area contributed by atoms with Crippen molar-refractivity contribution in [3.8, 4) is 0 Å². The molecule has 0 heterocycles. The van der Waals surface area contributed by atoms with E-state index in [-0.39, 0.29) is 10.0 Å². The predicted octanol–water partition coefficient (Wildman–Crippen LogP) is 4.29. The molecule has 0 saturated carbocycles. The second kappa shape index (κ2) is 5.48. The highest BCUT2D eigenvalue weighted by atomic mass is 79.9. The first-order valence-corrected chi connectivity index (χ1v) is 6.28. The van der Waals surface area contributed by atoms with E-state index in [9.17, 15) is 13.6 Å². The van der Waals surface area contributed by atoms with Crippen molar-refractivity contribution in [2.75, 3.05) is 5.32 Å². The summed E-state index contributed by atoms with van der Waals surface area (Å²) in [6, 6.07) is 8.18. The Morgan fingerprint density at radius 2 is 1.89 bits per heavy atom. The number of anilines is 1. The molecular formula is C14H10BrF2NO. The molecule has 2 rings (SSSR count). The van der Waals surface area contributed by atoms with Crippen LogP contribution in [0, 0.1) is 18.6 Å². The van der Waals surface area contributed by atoms with Crippen molar-refractivity contribution in [2.24, 2.45) is 0 Å². The quantitative estimate of drug-likeness (QED) is 0.876. The molecule has 0 atom stereocenters. The van der Waals surface area contributed by atoms with Crippen LogP contribution in [-0.2, 0) is 0 Å². The van der Waals surface area contributed by atoms with Gasteiger partial charge in [-0.25, -0.2) is 8.78 Å². The van der Waals surface area contributed by atoms with Crippen molar-refractivity contribution in [3.63, 3.8) is 0 Å². The Bertz CT molecular complexity index is 623. The zero-order chi connectivity index (χ0) is 14.0. The van der Waals surface area contributed by atoms with E-state index >= 15 is 0 Å². The number of halogens is 3. The summed E-state index contributed by atoms with van der Waals surface area (Å²) in [4.78, 5) is 11.9. The summed E-state index contributed by atoms with van der Waals surface area (Å²) in [6.45, 7) is 1.70. The van der Waals surface area contributed by atoms with Crippen molar-refractivity contribution in [2.45, 2.75) is 6.92 Å². The van der Waals surface area contributed by atoms with Gasteiger partial charge in [-0.1, -0.05) is 0 Å². The summed E-state index contributed by atoms with van der Waals surface area (Å²) in [5, 5.41) is 2.58. The molecule has 0 aliphatic heterocycles. The van der Waals surface area contributed by atoms with Gasteiger partial charge in [-0.05, 0) is 64.8 Å². The molecule has 0 aromatic heterocycles. The molecule has 0 unspecified atom stereocenters. The van der Waals surface area contributed by atoms with Gasteiger partial charge in [0.1, 0.15) is 11.6 Å². The van der Waals surface area contributed by atoms with Crippen LogP contribution in [0.1, 0.15) is 15.9 Å². The monoisotopic (exact) mass is 325 g/mol. The van der Waals surface area contributed by atoms with Crippen LogP contribution in [-0.4, -0.2) is 5.91 Å². The summed E-state index contributed by atoms with van der Waals surface area (Å²) < 4.78 is 26.5. The van der Waals surface area contributed by atoms with Gasteiger partial charge < -0.3 is 5.32 Å². The summed E-state index contributed by atoms with van der Waals surface area (Å²) in [6.07, 6.45) is 0. The van der Waals surface area contributed by atoms with E-state index < -0.39 is 17.5 Å². The third-order valence-corrected chi connectivity index (χ3v) is 3.09. The number of rotatable bonds is 2. The van der Waals surface area contributed by atoms with Gasteiger partial charge in [0.15, 0.2) is 0 Å². The van der Waals surface area contributed by atoms with Gasteiger partial charge in [-0.2, -0.15) is 0 Å². The number of nitrogens with one attached hydrogen (secondary N) is 1. The second-order valence-corrected chi connectivity index (χ2v) is 4.95. The van der Waals surface area contributed by atoms with Gasteiger partial charge in [0.05, 0.1) is 4.47 Å². The van der Waals surface area contributed by atoms with Gasteiger partial charge in [-0.3, -0.25) is 4.79 Å². The fraction of sp³-hybridized carbons (Fsp3) is 0.0714. The highest BCUT2D eigenvalue weighted by molar-refractivity contribution is 9.10. The molecule has 19 heavy (non-hydrogen) atoms. The van der Waals surface area contributed by atoms with E-state index in [0.29, 0.717) is 11.3 Å². The van der Waals surface area contributed by atoms with E-state index in [2.05, 4.69) is 21.2 Å². The second-order valence-electron chi connectivity index (χ2n) is 4.10. The summed E-state index contributed by atoms with van der Waals surface area (Å²) in [5.74, 6) is -1.33. The van der Waals surface area contributed by atoms with Crippen LogP contribution in [0.25, 0.3) is 0 Å². The molecule has 0 bridgehead atoms. The van der Waals surface area contributed by atoms with Crippen LogP contribution in [0.15, 0.2) is 40.9 Å². The smallest absolute Gasteiger partial charge is 0.255 e. The lowest BCUT2D eigenvalue weighted by molar-refractivity contribution is 0.102. The molecule has 0 aliphatic carbocycles. The van der Waals surface area contributed by atoms with Crippen LogP contribution in [0.3, 0.4) is 0 Å². The number of aryl methyl sites for hydroxylation is 1. The fourth-order valence-electron chi connectivity index (χ4n) is 1.64. The molecule has 2 aromatic rings. The Hall–Kier alpha value is -1.75. The summed E-state index contributed by atoms with van der Waals surface area (Å²) >= 11 is 3.03. The highest BCUT2D eigenvalue weighted by Crippen LogP contribution is 2.20. The molecule has 1 N–H and O–H groups in total. The van der Waals surface area contributed by atoms with Crippen molar-refractivity contribution in [1.82, 2.24) is 0 Å². The van der Waals surface area contributed by atoms with Crippen molar-refractivity contribution in [3.05, 3.63) is 63.6 Å². The minimum Gasteiger partial charge on any atom is -0.322 e. The first-order valence-electron chi connectivity index (χ1n) is 5.49. The number of benzene rings is 2. The topological polar surface area (TPSA) is 29.1 Å². The molecule has 0 radical (unpaired) electrons. The number of hydrogen-bond donors (Lipinski definition) is 1. The fourth-order valence-corrected chi connectivity index (χ4v) is 2.02. The van der Waals surface area contributed by atoms with E-state index in [1.165, 1.54) is 24.3 Å². The predicted molar refractivity (Wildman–Crippen MR) is 73.2 cm³/mol. The van der Waals surface area contributed by atoms with Gasteiger partial charge in [0.25, 0.3) is 5.91 Å². The molecule has 0 aliphatic rings. The SMILES string of the molecule is Cc1cc(F)cc(C(=O)Nc2ccc(F)c(Br)c2)c1. The molecule has 1 amide bonds. The maximum Gasteiger partial charge on any atom is 0.255 e. The lowest BCUT2D eigenvalue weighted by Gasteiger charge is -2.07. The zero-order valence-corrected chi connectivity index (χ0v) is 11.6. The number of carbonyl (C=O) groups is 1. The van der Waals surface area contributed by atoms with Gasteiger partial charge >= 0.3 is 0 Å². The van der Waals surface area contributed by atoms with Crippen LogP contribution in [0.2, 0.25) is 0 Å². The average molecular weight is 326 g/mol. The third-order valence-electron chi connectivity index (χ3n) is 2.48. The standard InChI is InChI=1S/C14H10BrF2NO/c1-8-4-9(6-10(16)5-8)14(19)18-11-2-3-13(17)12(15)7-11/h2-7H,1H3,(H,18,19). The van der Waals surface area contributed by atoms with Gasteiger partial charge in [0.2, 0.25) is 0 Å². The first-order chi connectivity index (χ1) is 8.95. The molecule has 0 spiro atoms. The largest absolute Gasteiger partial charge is 0.322 e. The van der Waals surface area contributed by atoms with Crippen molar-refractivity contribution >= 4 is 27.5 Å². The highest BCUT2D eigenvalue weighted by Gasteiger charge is 2.09. The Morgan fingerprint density at radius 1 is 1.16 bits per heavy atom. The lowest BCUT2D eigenvalue weighted by atomic mass is 10.1. The Kier molecular flexibility index (Phi) is 3.95. The van der Waals surface area contributed by atoms with Crippen molar-refractivity contribution < 1.29 is 13.6 Å². The van der Waals surface area contributed by atoms with Crippen LogP contribution >= 0.6 is 15.9 Å². The molecule has 0 saturated heterocycles. The Labute approximate surface area is 117 Å². The van der Waals surface area contributed by atoms with E-state index in [1.807, 2.05) is 0 Å². The number of amides is 1. The maximum absolute atomic E-state index is 13.2.